The quantitative estimate of drug-likeness (QED) is 0.0404. The molecule has 1 saturated heterocycles. The van der Waals surface area contributed by atoms with Crippen LogP contribution in [0.15, 0.2) is 0 Å². The summed E-state index contributed by atoms with van der Waals surface area (Å²) < 4.78 is 0. The lowest BCUT2D eigenvalue weighted by molar-refractivity contribution is -0.143. The van der Waals surface area contributed by atoms with Crippen LogP contribution in [0.3, 0.4) is 0 Å². The van der Waals surface area contributed by atoms with Gasteiger partial charge in [0, 0.05) is 45.1 Å². The minimum absolute atomic E-state index is 0.00350. The zero-order valence-corrected chi connectivity index (χ0v) is 50.3. The summed E-state index contributed by atoms with van der Waals surface area (Å²) in [7, 11) is 0. The molecule has 2 rings (SSSR count). The maximum atomic E-state index is 14.4. The number of amides is 10. The van der Waals surface area contributed by atoms with E-state index in [1.807, 2.05) is 41.5 Å². The largest absolute Gasteiger partial charge is 0.395 e. The Morgan fingerprint density at radius 2 is 1.15 bits per heavy atom. The van der Waals surface area contributed by atoms with Crippen LogP contribution >= 0.6 is 0 Å². The number of carbonyl (C=O) groups excluding carboxylic acids is 10. The van der Waals surface area contributed by atoms with Crippen molar-refractivity contribution in [1.82, 2.24) is 58.1 Å². The van der Waals surface area contributed by atoms with Crippen LogP contribution in [0.2, 0.25) is 0 Å². The first-order valence-electron chi connectivity index (χ1n) is 29.3. The summed E-state index contributed by atoms with van der Waals surface area (Å²) in [5, 5.41) is 37.3. The van der Waals surface area contributed by atoms with Crippen LogP contribution in [-0.4, -0.2) is 154 Å². The van der Waals surface area contributed by atoms with Gasteiger partial charge < -0.3 is 63.2 Å². The molecular formula is C57H103N11O11. The summed E-state index contributed by atoms with van der Waals surface area (Å²) in [6.45, 7) is 23.6. The van der Waals surface area contributed by atoms with Crippen molar-refractivity contribution in [3.05, 3.63) is 0 Å². The first-order chi connectivity index (χ1) is 36.9. The summed E-state index contributed by atoms with van der Waals surface area (Å²) in [4.78, 5) is 139. The monoisotopic (exact) mass is 1120 g/mol. The number of likely N-dealkylation sites (tertiary alicyclic amines) is 1. The van der Waals surface area contributed by atoms with Crippen LogP contribution in [0, 0.1) is 11.8 Å². The van der Waals surface area contributed by atoms with Gasteiger partial charge in [-0.3, -0.25) is 47.9 Å². The zero-order valence-electron chi connectivity index (χ0n) is 50.3. The van der Waals surface area contributed by atoms with Crippen LogP contribution in [0.25, 0.3) is 0 Å². The van der Waals surface area contributed by atoms with E-state index < -0.39 is 93.6 Å². The van der Waals surface area contributed by atoms with Crippen LogP contribution in [0.1, 0.15) is 206 Å². The third kappa shape index (κ3) is 23.7. The molecule has 2 fully saturated rings. The van der Waals surface area contributed by atoms with E-state index in [2.05, 4.69) is 60.1 Å². The van der Waals surface area contributed by atoms with Crippen molar-refractivity contribution in [1.29, 1.82) is 0 Å². The van der Waals surface area contributed by atoms with Crippen molar-refractivity contribution in [3.63, 3.8) is 0 Å². The van der Waals surface area contributed by atoms with Gasteiger partial charge in [-0.25, -0.2) is 0 Å². The Hall–Kier alpha value is -5.38. The fourth-order valence-corrected chi connectivity index (χ4v) is 9.78. The highest BCUT2D eigenvalue weighted by Gasteiger charge is 2.48. The van der Waals surface area contributed by atoms with Gasteiger partial charge >= 0.3 is 0 Å². The van der Waals surface area contributed by atoms with E-state index in [4.69, 9.17) is 5.11 Å². The molecular weight excluding hydrogens is 1010 g/mol. The van der Waals surface area contributed by atoms with Gasteiger partial charge in [-0.1, -0.05) is 92.9 Å². The fourth-order valence-electron chi connectivity index (χ4n) is 9.78. The summed E-state index contributed by atoms with van der Waals surface area (Å²) in [5.41, 5.74) is -6.09. The molecule has 1 saturated carbocycles. The van der Waals surface area contributed by atoms with Crippen molar-refractivity contribution in [3.8, 4) is 0 Å². The number of nitrogens with zero attached hydrogens (tertiary/aromatic N) is 1. The van der Waals surface area contributed by atoms with Crippen molar-refractivity contribution < 1.29 is 53.1 Å². The Bertz CT molecular complexity index is 2040. The average Bonchev–Trinajstić information content (AvgIpc) is 4.05. The molecule has 0 spiro atoms. The number of hydrogen-bond donors (Lipinski definition) is 11. The molecule has 5 atom stereocenters. The smallest absolute Gasteiger partial charge is 0.246 e. The maximum Gasteiger partial charge on any atom is 0.246 e. The Kier molecular flexibility index (Phi) is 29.5. The van der Waals surface area contributed by atoms with E-state index in [9.17, 15) is 47.9 Å². The molecule has 22 nitrogen and oxygen atoms in total. The normalized spacial score (nSPS) is 17.0. The zero-order chi connectivity index (χ0) is 59.7. The number of rotatable bonds is 36. The molecule has 1 heterocycles. The molecule has 0 aromatic carbocycles. The lowest BCUT2D eigenvalue weighted by atomic mass is 9.92. The molecule has 452 valence electrons. The van der Waals surface area contributed by atoms with Gasteiger partial charge in [0.15, 0.2) is 0 Å². The average molecular weight is 1120 g/mol. The number of unbranched alkanes of at least 4 members (excludes halogenated alkanes) is 5. The number of carbonyl (C=O) groups is 10. The lowest BCUT2D eigenvalue weighted by Gasteiger charge is -2.37. The summed E-state index contributed by atoms with van der Waals surface area (Å²) >= 11 is 0. The summed E-state index contributed by atoms with van der Waals surface area (Å²) in [6, 6.07) is -4.18. The highest BCUT2D eigenvalue weighted by molar-refractivity contribution is 6.01. The molecule has 0 bridgehead atoms. The molecule has 2 aliphatic rings. The summed E-state index contributed by atoms with van der Waals surface area (Å²) in [5.74, 6) is -5.32. The van der Waals surface area contributed by atoms with Gasteiger partial charge in [-0.05, 0) is 112 Å². The van der Waals surface area contributed by atoms with Crippen molar-refractivity contribution >= 4 is 59.1 Å². The molecule has 79 heavy (non-hydrogen) atoms. The second kappa shape index (κ2) is 33.4. The first kappa shape index (κ1) is 69.7. The minimum Gasteiger partial charge on any atom is -0.395 e. The highest BCUT2D eigenvalue weighted by atomic mass is 16.3. The molecule has 1 aliphatic heterocycles. The van der Waals surface area contributed by atoms with E-state index in [1.165, 1.54) is 41.5 Å². The van der Waals surface area contributed by atoms with Crippen LogP contribution in [0.5, 0.6) is 0 Å². The Morgan fingerprint density at radius 1 is 0.595 bits per heavy atom. The Morgan fingerprint density at radius 3 is 1.73 bits per heavy atom. The first-order valence-corrected chi connectivity index (χ1v) is 29.3. The summed E-state index contributed by atoms with van der Waals surface area (Å²) in [6.07, 6.45) is 10.2. The number of nitrogens with one attached hydrogen (secondary N) is 10. The highest BCUT2D eigenvalue weighted by Crippen LogP contribution is 2.32. The molecule has 1 aliphatic carbocycles. The predicted molar refractivity (Wildman–Crippen MR) is 304 cm³/mol. The number of hydrogen-bond acceptors (Lipinski definition) is 12. The van der Waals surface area contributed by atoms with Gasteiger partial charge in [0.1, 0.15) is 46.3 Å². The third-order valence-electron chi connectivity index (χ3n) is 14.5. The molecule has 11 N–H and O–H groups in total. The molecule has 0 aromatic heterocycles. The van der Waals surface area contributed by atoms with E-state index >= 15 is 0 Å². The van der Waals surface area contributed by atoms with Gasteiger partial charge in [0.25, 0.3) is 0 Å². The maximum absolute atomic E-state index is 14.4. The van der Waals surface area contributed by atoms with Gasteiger partial charge in [0.05, 0.1) is 6.61 Å². The molecule has 0 aromatic rings. The second-order valence-corrected chi connectivity index (χ2v) is 24.4. The molecule has 0 radical (unpaired) electrons. The van der Waals surface area contributed by atoms with Crippen LogP contribution in [0.4, 0.5) is 0 Å². The van der Waals surface area contributed by atoms with E-state index in [1.54, 1.807) is 4.90 Å². The minimum atomic E-state index is -1.63. The van der Waals surface area contributed by atoms with Crippen molar-refractivity contribution in [2.45, 2.75) is 258 Å². The van der Waals surface area contributed by atoms with E-state index in [-0.39, 0.29) is 68.5 Å². The topological polar surface area (TPSA) is 314 Å². The number of aliphatic hydroxyl groups is 1. The second-order valence-electron chi connectivity index (χ2n) is 24.4. The molecule has 22 heteroatoms. The molecule has 10 amide bonds. The van der Waals surface area contributed by atoms with Gasteiger partial charge in [0.2, 0.25) is 59.1 Å². The predicted octanol–water partition coefficient (Wildman–Crippen LogP) is 2.78. The van der Waals surface area contributed by atoms with E-state index in [0.717, 1.165) is 32.1 Å². The Balaban J connectivity index is 2.23. The van der Waals surface area contributed by atoms with Crippen molar-refractivity contribution in [2.24, 2.45) is 11.8 Å². The van der Waals surface area contributed by atoms with E-state index in [0.29, 0.717) is 77.4 Å². The standard InChI is InChI=1S/C57H103N11O11/c1-14-16-17-18-19-20-25-40(62-51(77)55(10,11)66-52(78)56(12,13)67-53(79)57(28-21-22-29-57)65-49(75)43-26-23-32-68(43)45(71)24-15-2)47(73)61-42(35-38(5)6)48(74)64-54(8,9)50(76)63-41(34-37(3)4)46(72)59-30-27-44(70)60-39(7)36-58-31-33-69/h37-43,58,69H,14-36H2,1-13H3,(H,59,72)(H,60,70)(H,61,73)(H,62,77)(H,63,76)(H,64,74)(H,65,75)(H,66,78)(H,67,79)/t39-,40-,41-,42-,43-/m0/s1. The SMILES string of the molecule is CCCCCCCC[C@H](NC(=O)C(C)(C)NC(=O)C(C)(C)NC(=O)C1(NC(=O)[C@@H]2CCCN2C(=O)CCC)CCCC1)C(=O)N[C@@H](CC(C)C)C(=O)NC(C)(C)C(=O)N[C@@H](CC(C)C)C(=O)NCCC(=O)N[C@@H](C)CNCCO. The van der Waals surface area contributed by atoms with Crippen LogP contribution < -0.4 is 53.2 Å². The van der Waals surface area contributed by atoms with Gasteiger partial charge in [-0.2, -0.15) is 0 Å². The van der Waals surface area contributed by atoms with Crippen molar-refractivity contribution in [2.75, 3.05) is 32.8 Å². The van der Waals surface area contributed by atoms with Crippen LogP contribution in [-0.2, 0) is 47.9 Å². The lowest BCUT2D eigenvalue weighted by Crippen LogP contribution is -2.68. The Labute approximate surface area is 471 Å². The molecule has 0 unspecified atom stereocenters. The fraction of sp³-hybridized carbons (Fsp3) is 0.825. The number of aliphatic hydroxyl groups excluding tert-OH is 1. The van der Waals surface area contributed by atoms with Gasteiger partial charge in [-0.15, -0.1) is 0 Å². The third-order valence-corrected chi connectivity index (χ3v) is 14.5.